The quantitative estimate of drug-likeness (QED) is 0.848. The van der Waals surface area contributed by atoms with Crippen LogP contribution in [-0.4, -0.2) is 11.3 Å². The van der Waals surface area contributed by atoms with Crippen LogP contribution in [-0.2, 0) is 6.54 Å². The molecule has 0 atom stereocenters. The van der Waals surface area contributed by atoms with Gasteiger partial charge in [0.15, 0.2) is 5.75 Å². The fourth-order valence-corrected chi connectivity index (χ4v) is 1.51. The normalized spacial score (nSPS) is 11.0. The summed E-state index contributed by atoms with van der Waals surface area (Å²) in [6.45, 7) is -0.193. The van der Waals surface area contributed by atoms with Crippen LogP contribution in [0, 0.1) is 11.3 Å². The molecule has 16 heavy (non-hydrogen) atoms. The molecule has 4 nitrogen and oxygen atoms in total. The molecule has 0 aromatic carbocycles. The maximum absolute atomic E-state index is 12.0. The van der Waals surface area contributed by atoms with E-state index in [-0.39, 0.29) is 22.4 Å². The van der Waals surface area contributed by atoms with Crippen molar-refractivity contribution in [3.63, 3.8) is 0 Å². The molecule has 0 unspecified atom stereocenters. The van der Waals surface area contributed by atoms with Gasteiger partial charge in [0, 0.05) is 12.1 Å². The lowest BCUT2D eigenvalue weighted by Gasteiger charge is -2.13. The zero-order valence-corrected chi connectivity index (χ0v) is 9.26. The first-order valence-corrected chi connectivity index (χ1v) is 4.72. The van der Waals surface area contributed by atoms with Crippen LogP contribution in [0.4, 0.5) is 13.2 Å². The summed E-state index contributed by atoms with van der Waals surface area (Å²) in [6, 6.07) is 2.84. The molecule has 0 fully saturated rings. The highest BCUT2D eigenvalue weighted by Crippen LogP contribution is 2.32. The fourth-order valence-electron chi connectivity index (χ4n) is 0.984. The number of nitriles is 1. The van der Waals surface area contributed by atoms with Gasteiger partial charge in [-0.2, -0.15) is 5.26 Å². The molecule has 0 saturated heterocycles. The molecular formula is C8H5BrF3N3O. The number of hydrogen-bond donors (Lipinski definition) is 1. The third kappa shape index (κ3) is 3.08. The Morgan fingerprint density at radius 2 is 2.19 bits per heavy atom. The lowest BCUT2D eigenvalue weighted by atomic mass is 10.2. The van der Waals surface area contributed by atoms with Crippen LogP contribution in [0.15, 0.2) is 10.7 Å². The van der Waals surface area contributed by atoms with Crippen molar-refractivity contribution in [3.8, 4) is 11.8 Å². The Hall–Kier alpha value is -1.33. The first kappa shape index (κ1) is 12.7. The molecule has 0 aliphatic carbocycles. The van der Waals surface area contributed by atoms with E-state index in [4.69, 9.17) is 11.0 Å². The minimum Gasteiger partial charge on any atom is -0.403 e. The molecular weight excluding hydrogens is 291 g/mol. The van der Waals surface area contributed by atoms with E-state index >= 15 is 0 Å². The predicted octanol–water partition coefficient (Wildman–Crippen LogP) is 2.07. The zero-order valence-electron chi connectivity index (χ0n) is 7.68. The molecule has 0 bridgehead atoms. The third-order valence-electron chi connectivity index (χ3n) is 1.56. The number of nitrogens with two attached hydrogens (primary N) is 1. The summed E-state index contributed by atoms with van der Waals surface area (Å²) in [5.41, 5.74) is 5.27. The van der Waals surface area contributed by atoms with Gasteiger partial charge in [0.1, 0.15) is 16.4 Å². The van der Waals surface area contributed by atoms with Gasteiger partial charge >= 0.3 is 6.36 Å². The van der Waals surface area contributed by atoms with Crippen LogP contribution < -0.4 is 10.5 Å². The Labute approximate surface area is 97.0 Å². The molecule has 1 heterocycles. The number of aromatic nitrogens is 1. The van der Waals surface area contributed by atoms with Crippen molar-refractivity contribution >= 4 is 15.9 Å². The zero-order chi connectivity index (χ0) is 12.3. The van der Waals surface area contributed by atoms with Gasteiger partial charge in [-0.25, -0.2) is 4.98 Å². The first-order chi connectivity index (χ1) is 7.37. The van der Waals surface area contributed by atoms with Gasteiger partial charge in [-0.05, 0) is 22.0 Å². The summed E-state index contributed by atoms with van der Waals surface area (Å²) < 4.78 is 39.7. The SMILES string of the molecule is N#Cc1cc(CN)c(OC(F)(F)F)c(Br)n1. The molecule has 0 saturated carbocycles. The topological polar surface area (TPSA) is 71.9 Å². The molecule has 1 rings (SSSR count). The van der Waals surface area contributed by atoms with E-state index in [1.54, 1.807) is 6.07 Å². The van der Waals surface area contributed by atoms with E-state index in [1.165, 1.54) is 0 Å². The third-order valence-corrected chi connectivity index (χ3v) is 2.10. The molecule has 86 valence electrons. The van der Waals surface area contributed by atoms with Gasteiger partial charge in [0.2, 0.25) is 0 Å². The fraction of sp³-hybridized carbons (Fsp3) is 0.250. The second kappa shape index (κ2) is 4.67. The van der Waals surface area contributed by atoms with Crippen LogP contribution in [0.5, 0.6) is 5.75 Å². The summed E-state index contributed by atoms with van der Waals surface area (Å²) >= 11 is 2.79. The minimum absolute atomic E-state index is 0.0400. The molecule has 0 spiro atoms. The van der Waals surface area contributed by atoms with Gasteiger partial charge in [0.05, 0.1) is 0 Å². The lowest BCUT2D eigenvalue weighted by molar-refractivity contribution is -0.275. The van der Waals surface area contributed by atoms with Crippen LogP contribution in [0.25, 0.3) is 0 Å². The Balaban J connectivity index is 3.23. The molecule has 0 amide bonds. The minimum atomic E-state index is -4.83. The molecule has 2 N–H and O–H groups in total. The summed E-state index contributed by atoms with van der Waals surface area (Å²) in [7, 11) is 0. The summed E-state index contributed by atoms with van der Waals surface area (Å²) in [4.78, 5) is 3.56. The van der Waals surface area contributed by atoms with Gasteiger partial charge in [-0.1, -0.05) is 0 Å². The van der Waals surface area contributed by atoms with Crippen LogP contribution in [0.2, 0.25) is 0 Å². The largest absolute Gasteiger partial charge is 0.573 e. The number of pyridine rings is 1. The van der Waals surface area contributed by atoms with Crippen LogP contribution in [0.3, 0.4) is 0 Å². The second-order valence-electron chi connectivity index (χ2n) is 2.65. The molecule has 0 aliphatic rings. The van der Waals surface area contributed by atoms with Gasteiger partial charge in [-0.3, -0.25) is 0 Å². The number of rotatable bonds is 2. The lowest BCUT2D eigenvalue weighted by Crippen LogP contribution is -2.19. The second-order valence-corrected chi connectivity index (χ2v) is 3.40. The van der Waals surface area contributed by atoms with Crippen molar-refractivity contribution in [3.05, 3.63) is 21.9 Å². The van der Waals surface area contributed by atoms with Crippen molar-refractivity contribution in [1.82, 2.24) is 4.98 Å². The van der Waals surface area contributed by atoms with E-state index in [0.717, 1.165) is 6.07 Å². The Bertz CT molecular complexity index is 441. The van der Waals surface area contributed by atoms with Crippen molar-refractivity contribution in [2.45, 2.75) is 12.9 Å². The monoisotopic (exact) mass is 295 g/mol. The van der Waals surface area contributed by atoms with E-state index in [1.807, 2.05) is 0 Å². The van der Waals surface area contributed by atoms with Crippen LogP contribution >= 0.6 is 15.9 Å². The highest BCUT2D eigenvalue weighted by molar-refractivity contribution is 9.10. The average Bonchev–Trinajstić information content (AvgIpc) is 2.19. The van der Waals surface area contributed by atoms with E-state index in [2.05, 4.69) is 25.7 Å². The Morgan fingerprint density at radius 3 is 2.62 bits per heavy atom. The number of ether oxygens (including phenoxy) is 1. The van der Waals surface area contributed by atoms with E-state index < -0.39 is 12.1 Å². The van der Waals surface area contributed by atoms with Crippen molar-refractivity contribution in [2.75, 3.05) is 0 Å². The van der Waals surface area contributed by atoms with E-state index in [9.17, 15) is 13.2 Å². The van der Waals surface area contributed by atoms with E-state index in [0.29, 0.717) is 0 Å². The van der Waals surface area contributed by atoms with Crippen LogP contribution in [0.1, 0.15) is 11.3 Å². The van der Waals surface area contributed by atoms with Crippen molar-refractivity contribution < 1.29 is 17.9 Å². The summed E-state index contributed by atoms with van der Waals surface area (Å²) in [5.74, 6) is -0.519. The van der Waals surface area contributed by atoms with Gasteiger partial charge < -0.3 is 10.5 Å². The smallest absolute Gasteiger partial charge is 0.403 e. The first-order valence-electron chi connectivity index (χ1n) is 3.92. The van der Waals surface area contributed by atoms with Crippen molar-refractivity contribution in [2.24, 2.45) is 5.73 Å². The van der Waals surface area contributed by atoms with Crippen molar-refractivity contribution in [1.29, 1.82) is 5.26 Å². The number of halogens is 4. The molecule has 1 aromatic heterocycles. The molecule has 8 heteroatoms. The highest BCUT2D eigenvalue weighted by atomic mass is 79.9. The number of alkyl halides is 3. The number of nitrogens with zero attached hydrogens (tertiary/aromatic N) is 2. The maximum atomic E-state index is 12.0. The predicted molar refractivity (Wildman–Crippen MR) is 51.2 cm³/mol. The van der Waals surface area contributed by atoms with Gasteiger partial charge in [-0.15, -0.1) is 13.2 Å². The summed E-state index contributed by atoms with van der Waals surface area (Å²) in [5, 5.41) is 8.57. The highest BCUT2D eigenvalue weighted by Gasteiger charge is 2.33. The average molecular weight is 296 g/mol. The maximum Gasteiger partial charge on any atom is 0.573 e. The Kier molecular flexibility index (Phi) is 3.72. The molecule has 0 aliphatic heterocycles. The number of hydrogen-bond acceptors (Lipinski definition) is 4. The molecule has 0 radical (unpaired) electrons. The Morgan fingerprint density at radius 1 is 1.56 bits per heavy atom. The van der Waals surface area contributed by atoms with Gasteiger partial charge in [0.25, 0.3) is 0 Å². The standard InChI is InChI=1S/C8H5BrF3N3O/c9-7-6(16-8(10,11)12)4(2-13)1-5(3-14)15-7/h1H,2,13H2. The molecule has 1 aromatic rings. The summed E-state index contributed by atoms with van der Waals surface area (Å²) in [6.07, 6.45) is -4.83.